The third-order valence-corrected chi connectivity index (χ3v) is 2.36. The van der Waals surface area contributed by atoms with Crippen LogP contribution in [0.3, 0.4) is 0 Å². The number of hydrogen-bond acceptors (Lipinski definition) is 3. The van der Waals surface area contributed by atoms with Gasteiger partial charge >= 0.3 is 0 Å². The summed E-state index contributed by atoms with van der Waals surface area (Å²) in [4.78, 5) is 0. The molecule has 0 amide bonds. The van der Waals surface area contributed by atoms with E-state index >= 15 is 0 Å². The minimum atomic E-state index is -0.386. The summed E-state index contributed by atoms with van der Waals surface area (Å²) < 4.78 is 13.8. The van der Waals surface area contributed by atoms with Crippen LogP contribution >= 0.6 is 0 Å². The first-order valence-electron chi connectivity index (χ1n) is 4.59. The number of hydrogen-bond donors (Lipinski definition) is 1. The summed E-state index contributed by atoms with van der Waals surface area (Å²) in [6.07, 6.45) is 3.99. The number of nitrogens with one attached hydrogen (secondary N) is 1. The average Bonchev–Trinajstić information content (AvgIpc) is 2.71. The van der Waals surface area contributed by atoms with Crippen molar-refractivity contribution < 1.29 is 4.39 Å². The van der Waals surface area contributed by atoms with Gasteiger partial charge in [-0.25, -0.2) is 9.07 Å². The lowest BCUT2D eigenvalue weighted by Crippen LogP contribution is -2.18. The van der Waals surface area contributed by atoms with Crippen LogP contribution in [0.25, 0.3) is 0 Å². The summed E-state index contributed by atoms with van der Waals surface area (Å²) in [5.74, 6) is 0. The van der Waals surface area contributed by atoms with Crippen LogP contribution in [0.2, 0.25) is 0 Å². The van der Waals surface area contributed by atoms with Crippen LogP contribution in [-0.4, -0.2) is 28.2 Å². The molecule has 1 N–H and O–H groups in total. The minimum absolute atomic E-state index is 0.313. The highest BCUT2D eigenvalue weighted by Crippen LogP contribution is 2.21. The van der Waals surface area contributed by atoms with Crippen LogP contribution in [0, 0.1) is 0 Å². The van der Waals surface area contributed by atoms with E-state index < -0.39 is 0 Å². The molecule has 1 saturated heterocycles. The van der Waals surface area contributed by atoms with Gasteiger partial charge in [-0.3, -0.25) is 0 Å². The van der Waals surface area contributed by atoms with Gasteiger partial charge in [0, 0.05) is 0 Å². The Bertz CT molecular complexity index is 267. The van der Waals surface area contributed by atoms with E-state index in [0.717, 1.165) is 18.7 Å². The second-order valence-electron chi connectivity index (χ2n) is 3.22. The Morgan fingerprint density at radius 2 is 2.62 bits per heavy atom. The Morgan fingerprint density at radius 1 is 1.69 bits per heavy atom. The van der Waals surface area contributed by atoms with Gasteiger partial charge in [0.05, 0.1) is 24.5 Å². The van der Waals surface area contributed by atoms with Crippen LogP contribution in [0.15, 0.2) is 6.20 Å². The molecule has 1 aromatic heterocycles. The molecule has 0 radical (unpaired) electrons. The molecular weight excluding hydrogens is 171 g/mol. The SMILES string of the molecule is FCCn1nncc1C1CCCN1. The van der Waals surface area contributed by atoms with Crippen molar-refractivity contribution >= 4 is 0 Å². The normalized spacial score (nSPS) is 22.4. The number of alkyl halides is 1. The molecule has 0 aromatic carbocycles. The first-order valence-corrected chi connectivity index (χ1v) is 4.59. The third-order valence-electron chi connectivity index (χ3n) is 2.36. The molecule has 1 fully saturated rings. The largest absolute Gasteiger partial charge is 0.309 e. The summed E-state index contributed by atoms with van der Waals surface area (Å²) in [5.41, 5.74) is 1.01. The fourth-order valence-corrected chi connectivity index (χ4v) is 1.73. The Morgan fingerprint density at radius 3 is 3.31 bits per heavy atom. The highest BCUT2D eigenvalue weighted by atomic mass is 19.1. The fraction of sp³-hybridized carbons (Fsp3) is 0.750. The lowest BCUT2D eigenvalue weighted by atomic mass is 10.2. The predicted octanol–water partition coefficient (Wildman–Crippen LogP) is 0.672. The molecule has 0 saturated carbocycles. The van der Waals surface area contributed by atoms with Crippen LogP contribution in [-0.2, 0) is 6.54 Å². The highest BCUT2D eigenvalue weighted by molar-refractivity contribution is 5.04. The van der Waals surface area contributed by atoms with E-state index in [9.17, 15) is 4.39 Å². The first-order chi connectivity index (χ1) is 6.42. The third kappa shape index (κ3) is 1.70. The van der Waals surface area contributed by atoms with Crippen LogP contribution in [0.1, 0.15) is 24.6 Å². The Hall–Kier alpha value is -0.970. The Kier molecular flexibility index (Phi) is 2.54. The molecule has 13 heavy (non-hydrogen) atoms. The molecule has 4 nitrogen and oxygen atoms in total. The monoisotopic (exact) mass is 184 g/mol. The topological polar surface area (TPSA) is 42.7 Å². The molecule has 0 aliphatic carbocycles. The molecule has 1 aliphatic rings. The number of rotatable bonds is 3. The zero-order valence-electron chi connectivity index (χ0n) is 7.41. The molecule has 2 heterocycles. The predicted molar refractivity (Wildman–Crippen MR) is 46.0 cm³/mol. The smallest absolute Gasteiger partial charge is 0.109 e. The Balaban J connectivity index is 2.13. The van der Waals surface area contributed by atoms with Gasteiger partial charge in [0.15, 0.2) is 0 Å². The van der Waals surface area contributed by atoms with E-state index in [4.69, 9.17) is 0 Å². The van der Waals surface area contributed by atoms with Crippen molar-refractivity contribution in [1.29, 1.82) is 0 Å². The van der Waals surface area contributed by atoms with Crippen molar-refractivity contribution in [3.63, 3.8) is 0 Å². The van der Waals surface area contributed by atoms with Crippen molar-refractivity contribution in [2.45, 2.75) is 25.4 Å². The second-order valence-corrected chi connectivity index (χ2v) is 3.22. The lowest BCUT2D eigenvalue weighted by Gasteiger charge is -2.10. The van der Waals surface area contributed by atoms with Gasteiger partial charge in [0.25, 0.3) is 0 Å². The number of nitrogens with zero attached hydrogens (tertiary/aromatic N) is 3. The number of aromatic nitrogens is 3. The Labute approximate surface area is 76.1 Å². The van der Waals surface area contributed by atoms with E-state index in [0.29, 0.717) is 12.6 Å². The zero-order chi connectivity index (χ0) is 9.10. The molecular formula is C8H13FN4. The molecule has 1 atom stereocenters. The molecule has 5 heteroatoms. The van der Waals surface area contributed by atoms with Gasteiger partial charge < -0.3 is 5.32 Å². The maximum Gasteiger partial charge on any atom is 0.109 e. The van der Waals surface area contributed by atoms with Gasteiger partial charge in [0.1, 0.15) is 6.67 Å². The average molecular weight is 184 g/mol. The molecule has 72 valence electrons. The van der Waals surface area contributed by atoms with E-state index in [-0.39, 0.29) is 6.67 Å². The lowest BCUT2D eigenvalue weighted by molar-refractivity contribution is 0.405. The summed E-state index contributed by atoms with van der Waals surface area (Å²) in [5, 5.41) is 11.0. The highest BCUT2D eigenvalue weighted by Gasteiger charge is 2.20. The minimum Gasteiger partial charge on any atom is -0.309 e. The maximum atomic E-state index is 12.1. The van der Waals surface area contributed by atoms with Crippen molar-refractivity contribution in [1.82, 2.24) is 20.3 Å². The zero-order valence-corrected chi connectivity index (χ0v) is 7.41. The van der Waals surface area contributed by atoms with Crippen LogP contribution in [0.4, 0.5) is 4.39 Å². The van der Waals surface area contributed by atoms with Crippen molar-refractivity contribution in [3.05, 3.63) is 11.9 Å². The van der Waals surface area contributed by atoms with Crippen molar-refractivity contribution in [3.8, 4) is 0 Å². The van der Waals surface area contributed by atoms with E-state index in [1.165, 1.54) is 6.42 Å². The molecule has 1 unspecified atom stereocenters. The van der Waals surface area contributed by atoms with Gasteiger partial charge in [-0.05, 0) is 19.4 Å². The summed E-state index contributed by atoms with van der Waals surface area (Å²) in [6, 6.07) is 0.321. The molecule has 0 spiro atoms. The van der Waals surface area contributed by atoms with E-state index in [2.05, 4.69) is 15.6 Å². The second kappa shape index (κ2) is 3.83. The van der Waals surface area contributed by atoms with E-state index in [1.54, 1.807) is 10.9 Å². The molecule has 2 rings (SSSR count). The van der Waals surface area contributed by atoms with Gasteiger partial charge in [-0.1, -0.05) is 5.21 Å². The molecule has 0 bridgehead atoms. The number of halogens is 1. The van der Waals surface area contributed by atoms with Crippen molar-refractivity contribution in [2.24, 2.45) is 0 Å². The standard InChI is InChI=1S/C8H13FN4/c9-3-5-13-8(6-11-12-13)7-2-1-4-10-7/h6-7,10H,1-5H2. The maximum absolute atomic E-state index is 12.1. The summed E-state index contributed by atoms with van der Waals surface area (Å²) in [6.45, 7) is 0.960. The van der Waals surface area contributed by atoms with Crippen molar-refractivity contribution in [2.75, 3.05) is 13.2 Å². The quantitative estimate of drug-likeness (QED) is 0.750. The first kappa shape index (κ1) is 8.62. The number of aryl methyl sites for hydroxylation is 1. The summed E-state index contributed by atoms with van der Waals surface area (Å²) in [7, 11) is 0. The van der Waals surface area contributed by atoms with Gasteiger partial charge in [0.2, 0.25) is 0 Å². The van der Waals surface area contributed by atoms with E-state index in [1.807, 2.05) is 0 Å². The summed E-state index contributed by atoms with van der Waals surface area (Å²) >= 11 is 0. The van der Waals surface area contributed by atoms with Crippen LogP contribution < -0.4 is 5.32 Å². The van der Waals surface area contributed by atoms with Crippen LogP contribution in [0.5, 0.6) is 0 Å². The molecule has 1 aromatic rings. The fourth-order valence-electron chi connectivity index (χ4n) is 1.73. The van der Waals surface area contributed by atoms with Gasteiger partial charge in [-0.2, -0.15) is 0 Å². The molecule has 1 aliphatic heterocycles. The van der Waals surface area contributed by atoms with Gasteiger partial charge in [-0.15, -0.1) is 5.10 Å².